The largest absolute Gasteiger partial charge is 1.00 e. The third kappa shape index (κ3) is 12.3. The van der Waals surface area contributed by atoms with Crippen LogP contribution in [0.25, 0.3) is 0 Å². The molecule has 3 aromatic rings. The maximum Gasteiger partial charge on any atom is 1.00 e. The smallest absolute Gasteiger partial charge is 0.872 e. The summed E-state index contributed by atoms with van der Waals surface area (Å²) < 4.78 is 0. The van der Waals surface area contributed by atoms with Gasteiger partial charge in [-0.05, 0) is 47.0 Å². The molecule has 0 aliphatic carbocycles. The molecule has 0 aliphatic rings. The summed E-state index contributed by atoms with van der Waals surface area (Å²) in [6.07, 6.45) is 3.69. The molecule has 174 valence electrons. The van der Waals surface area contributed by atoms with Gasteiger partial charge >= 0.3 is 88.7 Å². The molecular weight excluding hydrogens is 572 g/mol. The summed E-state index contributed by atoms with van der Waals surface area (Å²) in [7, 11) is 0. The van der Waals surface area contributed by atoms with E-state index in [0.717, 1.165) is 0 Å². The van der Waals surface area contributed by atoms with Gasteiger partial charge in [0.1, 0.15) is 0 Å². The van der Waals surface area contributed by atoms with Crippen molar-refractivity contribution >= 4 is 59.4 Å². The number of halogens is 3. The van der Waals surface area contributed by atoms with E-state index in [1.54, 1.807) is 0 Å². The normalized spacial score (nSPS) is 11.2. The van der Waals surface area contributed by atoms with Crippen molar-refractivity contribution in [2.75, 3.05) is 0 Å². The predicted molar refractivity (Wildman–Crippen MR) is 129 cm³/mol. The van der Waals surface area contributed by atoms with Crippen molar-refractivity contribution in [1.82, 2.24) is 10.9 Å². The molecule has 0 aromatic heterocycles. The minimum atomic E-state index is -0.335. The molecule has 0 heterocycles. The molecule has 0 aliphatic heterocycles. The third-order valence-electron chi connectivity index (χ3n) is 4.02. The number of guanidine groups is 1. The van der Waals surface area contributed by atoms with Gasteiger partial charge in [-0.25, -0.2) is 10.9 Å². The Bertz CT molecular complexity index is 1240. The molecule has 0 fully saturated rings. The second-order valence-corrected chi connectivity index (χ2v) is 7.79. The summed E-state index contributed by atoms with van der Waals surface area (Å²) in [5.74, 6) is -0.994. The number of hydrogen-bond acceptors (Lipinski definition) is 7. The van der Waals surface area contributed by atoms with E-state index < -0.39 is 0 Å². The van der Waals surface area contributed by atoms with Gasteiger partial charge in [0.15, 0.2) is 0 Å². The van der Waals surface area contributed by atoms with Crippen LogP contribution in [0.5, 0.6) is 17.2 Å². The predicted octanol–water partition coefficient (Wildman–Crippen LogP) is -6.18. The van der Waals surface area contributed by atoms with Crippen LogP contribution in [-0.4, -0.2) is 24.6 Å². The van der Waals surface area contributed by atoms with Gasteiger partial charge in [0.05, 0.1) is 18.6 Å². The first-order valence-corrected chi connectivity index (χ1v) is 10.5. The number of nitrogens with zero attached hydrogens (tertiary/aromatic N) is 4. The topological polar surface area (TPSA) is 143 Å². The molecule has 15 heteroatoms. The molecule has 0 amide bonds. The van der Waals surface area contributed by atoms with Crippen LogP contribution in [-0.2, 0) is 0 Å². The van der Waals surface area contributed by atoms with Crippen molar-refractivity contribution in [1.29, 1.82) is 0 Å². The van der Waals surface area contributed by atoms with E-state index >= 15 is 0 Å². The molecule has 0 radical (unpaired) electrons. The number of benzene rings is 3. The van der Waals surface area contributed by atoms with Gasteiger partial charge in [-0.15, -0.1) is 5.10 Å². The molecule has 3 rings (SSSR count). The zero-order valence-electron chi connectivity index (χ0n) is 20.1. The van der Waals surface area contributed by atoms with Crippen molar-refractivity contribution in [2.45, 2.75) is 0 Å². The Hall–Kier alpha value is -0.790. The van der Waals surface area contributed by atoms with Crippen molar-refractivity contribution in [3.8, 4) is 17.2 Å². The van der Waals surface area contributed by atoms with Gasteiger partial charge in [0, 0.05) is 15.1 Å². The molecule has 37 heavy (non-hydrogen) atoms. The average molecular weight is 586 g/mol. The van der Waals surface area contributed by atoms with Gasteiger partial charge in [0.2, 0.25) is 0 Å². The Morgan fingerprint density at radius 1 is 0.595 bits per heavy atom. The standard InChI is InChI=1S/C22H17Cl3N6O3.3Na/c23-16-3-5-19(32)14(7-16)11-27-30-22(29-26-10-13-1-2-18(25)9-21(13)34)31-28-12-15-8-17(24)4-6-20(15)33;;;/h1-12,32-34H,(H2,29,30,31);;;/q;3*+1/p-3/b26-10-,27-11-,28-12+;;;. The van der Waals surface area contributed by atoms with Crippen molar-refractivity contribution in [2.24, 2.45) is 20.4 Å². The third-order valence-corrected chi connectivity index (χ3v) is 4.73. The van der Waals surface area contributed by atoms with Gasteiger partial charge in [-0.3, -0.25) is 0 Å². The second-order valence-electron chi connectivity index (χ2n) is 6.48. The first kappa shape index (κ1) is 36.2. The average Bonchev–Trinajstić information content (AvgIpc) is 2.79. The van der Waals surface area contributed by atoms with Crippen LogP contribution in [0.4, 0.5) is 0 Å². The number of nitrogens with one attached hydrogen (secondary N) is 2. The van der Waals surface area contributed by atoms with Crippen LogP contribution < -0.4 is 115 Å². The monoisotopic (exact) mass is 584 g/mol. The molecule has 0 atom stereocenters. The molecule has 3 aromatic carbocycles. The number of rotatable bonds is 6. The fourth-order valence-corrected chi connectivity index (χ4v) is 2.92. The van der Waals surface area contributed by atoms with Gasteiger partial charge in [0.25, 0.3) is 5.96 Å². The van der Waals surface area contributed by atoms with Crippen LogP contribution in [0.3, 0.4) is 0 Å². The summed E-state index contributed by atoms with van der Waals surface area (Å²) in [5, 5.41) is 52.2. The molecular formula is C22H14Cl3N6Na3O3. The molecule has 2 N–H and O–H groups in total. The summed E-state index contributed by atoms with van der Waals surface area (Å²) in [6, 6.07) is 12.7. The van der Waals surface area contributed by atoms with E-state index in [4.69, 9.17) is 34.8 Å². The number of hydrogen-bond donors (Lipinski definition) is 2. The molecule has 0 spiro atoms. The summed E-state index contributed by atoms with van der Waals surface area (Å²) in [6.45, 7) is 0. The zero-order chi connectivity index (χ0) is 24.5. The van der Waals surface area contributed by atoms with Gasteiger partial charge < -0.3 is 15.3 Å². The minimum absolute atomic E-state index is 0. The zero-order valence-corrected chi connectivity index (χ0v) is 28.3. The van der Waals surface area contributed by atoms with Crippen molar-refractivity contribution in [3.63, 3.8) is 0 Å². The Morgan fingerprint density at radius 2 is 1.05 bits per heavy atom. The molecule has 0 saturated heterocycles. The summed E-state index contributed by atoms with van der Waals surface area (Å²) in [5.41, 5.74) is 5.79. The quantitative estimate of drug-likeness (QED) is 0.128. The van der Waals surface area contributed by atoms with Crippen LogP contribution in [0, 0.1) is 0 Å². The van der Waals surface area contributed by atoms with Crippen LogP contribution in [0.15, 0.2) is 75.0 Å². The summed E-state index contributed by atoms with van der Waals surface area (Å²) in [4.78, 5) is 0. The van der Waals surface area contributed by atoms with E-state index in [2.05, 4.69) is 31.3 Å². The molecule has 0 saturated carbocycles. The van der Waals surface area contributed by atoms with Crippen LogP contribution in [0.1, 0.15) is 16.7 Å². The maximum atomic E-state index is 11.9. The Morgan fingerprint density at radius 3 is 1.54 bits per heavy atom. The first-order chi connectivity index (χ1) is 16.3. The van der Waals surface area contributed by atoms with E-state index in [1.807, 2.05) is 0 Å². The van der Waals surface area contributed by atoms with Crippen LogP contribution >= 0.6 is 34.8 Å². The Balaban J connectivity index is 0.00000432. The number of hydrazone groups is 2. The minimum Gasteiger partial charge on any atom is -0.872 e. The second kappa shape index (κ2) is 18.5. The Kier molecular flexibility index (Phi) is 18.1. The van der Waals surface area contributed by atoms with E-state index in [-0.39, 0.29) is 129 Å². The summed E-state index contributed by atoms with van der Waals surface area (Å²) >= 11 is 17.6. The van der Waals surface area contributed by atoms with E-state index in [0.29, 0.717) is 15.1 Å². The SMILES string of the molecule is [Na+].[Na+].[Na+].[O-]c1cc(Cl)ccc1/C=N\N=C(N/N=C\c1cc(Cl)ccc1[O-])N/N=C/c1cc(Cl)ccc1[O-]. The van der Waals surface area contributed by atoms with E-state index in [9.17, 15) is 15.3 Å². The van der Waals surface area contributed by atoms with Crippen molar-refractivity contribution < 1.29 is 104 Å². The maximum absolute atomic E-state index is 11.9. The molecule has 9 nitrogen and oxygen atoms in total. The van der Waals surface area contributed by atoms with Crippen LogP contribution in [0.2, 0.25) is 15.1 Å². The van der Waals surface area contributed by atoms with Gasteiger partial charge in [-0.1, -0.05) is 76.3 Å². The van der Waals surface area contributed by atoms with Crippen molar-refractivity contribution in [3.05, 3.63) is 86.4 Å². The van der Waals surface area contributed by atoms with Gasteiger partial charge in [-0.2, -0.15) is 15.3 Å². The fourth-order valence-electron chi connectivity index (χ4n) is 2.40. The van der Waals surface area contributed by atoms with E-state index in [1.165, 1.54) is 73.2 Å². The molecule has 0 unspecified atom stereocenters. The molecule has 0 bridgehead atoms. The first-order valence-electron chi connectivity index (χ1n) is 9.40. The Labute approximate surface area is 294 Å². The fraction of sp³-hybridized carbons (Fsp3) is 0.